The van der Waals surface area contributed by atoms with Crippen LogP contribution < -0.4 is 5.73 Å². The van der Waals surface area contributed by atoms with Crippen molar-refractivity contribution >= 4 is 5.96 Å². The van der Waals surface area contributed by atoms with Gasteiger partial charge in [-0.1, -0.05) is 20.8 Å². The van der Waals surface area contributed by atoms with Gasteiger partial charge in [0.15, 0.2) is 5.96 Å². The molecule has 0 aliphatic carbocycles. The van der Waals surface area contributed by atoms with Gasteiger partial charge in [0.2, 0.25) is 0 Å². The predicted molar refractivity (Wildman–Crippen MR) is 56.8 cm³/mol. The maximum Gasteiger partial charge on any atom is 0.191 e. The zero-order chi connectivity index (χ0) is 9.90. The summed E-state index contributed by atoms with van der Waals surface area (Å²) >= 11 is 0. The largest absolute Gasteiger partial charge is 0.370 e. The average Bonchev–Trinajstić information content (AvgIpc) is 2.46. The molecule has 76 valence electrons. The molecule has 1 aliphatic heterocycles. The van der Waals surface area contributed by atoms with Gasteiger partial charge in [0.05, 0.1) is 12.1 Å². The molecule has 0 aromatic heterocycles. The molecule has 0 aromatic rings. The second kappa shape index (κ2) is 3.99. The molecule has 0 atom stereocenters. The molecular formula is C10H21N3. The van der Waals surface area contributed by atoms with E-state index in [9.17, 15) is 0 Å². The van der Waals surface area contributed by atoms with Crippen molar-refractivity contribution in [2.24, 2.45) is 10.7 Å². The summed E-state index contributed by atoms with van der Waals surface area (Å²) in [4.78, 5) is 6.64. The van der Waals surface area contributed by atoms with Gasteiger partial charge < -0.3 is 10.6 Å². The van der Waals surface area contributed by atoms with Crippen LogP contribution in [0.3, 0.4) is 0 Å². The zero-order valence-electron chi connectivity index (χ0n) is 9.01. The van der Waals surface area contributed by atoms with Crippen molar-refractivity contribution in [1.29, 1.82) is 0 Å². The standard InChI is InChI=1S/C10H21N3/c1-4-7-13-9(11)12-8-10(13,5-2)6-3/h4-8H2,1-3H3,(H2,11,12). The SMILES string of the molecule is CCCN1C(N)=NCC1(CC)CC. The van der Waals surface area contributed by atoms with Gasteiger partial charge in [-0.15, -0.1) is 0 Å². The Bertz CT molecular complexity index is 194. The fraction of sp³-hybridized carbons (Fsp3) is 0.900. The van der Waals surface area contributed by atoms with E-state index < -0.39 is 0 Å². The number of aliphatic imine (C=N–C) groups is 1. The highest BCUT2D eigenvalue weighted by Crippen LogP contribution is 2.28. The van der Waals surface area contributed by atoms with Crippen molar-refractivity contribution in [2.45, 2.75) is 45.6 Å². The molecule has 0 bridgehead atoms. The Morgan fingerprint density at radius 3 is 2.46 bits per heavy atom. The zero-order valence-corrected chi connectivity index (χ0v) is 9.01. The molecule has 0 spiro atoms. The van der Waals surface area contributed by atoms with E-state index in [0.29, 0.717) is 0 Å². The van der Waals surface area contributed by atoms with Crippen LogP contribution in [0.4, 0.5) is 0 Å². The number of rotatable bonds is 4. The lowest BCUT2D eigenvalue weighted by Crippen LogP contribution is -2.51. The molecule has 1 heterocycles. The van der Waals surface area contributed by atoms with E-state index in [-0.39, 0.29) is 5.54 Å². The van der Waals surface area contributed by atoms with Gasteiger partial charge in [-0.2, -0.15) is 0 Å². The minimum atomic E-state index is 0.222. The van der Waals surface area contributed by atoms with Crippen LogP contribution in [0.5, 0.6) is 0 Å². The molecule has 1 rings (SSSR count). The number of nitrogens with zero attached hydrogens (tertiary/aromatic N) is 2. The maximum absolute atomic E-state index is 5.87. The molecule has 1 aliphatic rings. The summed E-state index contributed by atoms with van der Waals surface area (Å²) in [7, 11) is 0. The first-order chi connectivity index (χ1) is 6.20. The second-order valence-electron chi connectivity index (χ2n) is 3.76. The van der Waals surface area contributed by atoms with Crippen LogP contribution in [0.25, 0.3) is 0 Å². The lowest BCUT2D eigenvalue weighted by atomic mass is 9.92. The maximum atomic E-state index is 5.87. The molecule has 3 nitrogen and oxygen atoms in total. The van der Waals surface area contributed by atoms with Crippen LogP contribution in [0, 0.1) is 0 Å². The van der Waals surface area contributed by atoms with E-state index in [2.05, 4.69) is 30.7 Å². The highest BCUT2D eigenvalue weighted by Gasteiger charge is 2.38. The summed E-state index contributed by atoms with van der Waals surface area (Å²) in [6, 6.07) is 0. The topological polar surface area (TPSA) is 41.6 Å². The van der Waals surface area contributed by atoms with Gasteiger partial charge in [-0.05, 0) is 19.3 Å². The molecule has 2 N–H and O–H groups in total. The van der Waals surface area contributed by atoms with Crippen molar-refractivity contribution in [2.75, 3.05) is 13.1 Å². The van der Waals surface area contributed by atoms with Crippen LogP contribution in [0.15, 0.2) is 4.99 Å². The van der Waals surface area contributed by atoms with Gasteiger partial charge in [0, 0.05) is 6.54 Å². The molecule has 13 heavy (non-hydrogen) atoms. The molecule has 0 saturated heterocycles. The first-order valence-corrected chi connectivity index (χ1v) is 5.27. The smallest absolute Gasteiger partial charge is 0.191 e. The van der Waals surface area contributed by atoms with Gasteiger partial charge >= 0.3 is 0 Å². The molecule has 0 amide bonds. The number of nitrogens with two attached hydrogens (primary N) is 1. The van der Waals surface area contributed by atoms with Crippen molar-refractivity contribution in [1.82, 2.24) is 4.90 Å². The van der Waals surface area contributed by atoms with Crippen LogP contribution in [0.2, 0.25) is 0 Å². The lowest BCUT2D eigenvalue weighted by Gasteiger charge is -2.37. The summed E-state index contributed by atoms with van der Waals surface area (Å²) < 4.78 is 0. The van der Waals surface area contributed by atoms with E-state index >= 15 is 0 Å². The summed E-state index contributed by atoms with van der Waals surface area (Å²) in [5.41, 5.74) is 6.09. The fourth-order valence-corrected chi connectivity index (χ4v) is 2.07. The van der Waals surface area contributed by atoms with Crippen molar-refractivity contribution < 1.29 is 0 Å². The highest BCUT2D eigenvalue weighted by molar-refractivity contribution is 5.81. The molecule has 0 unspecified atom stereocenters. The van der Waals surface area contributed by atoms with E-state index in [1.54, 1.807) is 0 Å². The van der Waals surface area contributed by atoms with E-state index in [4.69, 9.17) is 5.73 Å². The highest BCUT2D eigenvalue weighted by atomic mass is 15.3. The summed E-state index contributed by atoms with van der Waals surface area (Å²) in [5, 5.41) is 0. The molecular weight excluding hydrogens is 162 g/mol. The van der Waals surface area contributed by atoms with Crippen LogP contribution in [0.1, 0.15) is 40.0 Å². The number of hydrogen-bond donors (Lipinski definition) is 1. The molecule has 0 saturated carbocycles. The minimum Gasteiger partial charge on any atom is -0.370 e. The Morgan fingerprint density at radius 2 is 2.00 bits per heavy atom. The molecule has 0 fully saturated rings. The van der Waals surface area contributed by atoms with Gasteiger partial charge in [-0.3, -0.25) is 4.99 Å². The minimum absolute atomic E-state index is 0.222. The van der Waals surface area contributed by atoms with Crippen LogP contribution in [-0.2, 0) is 0 Å². The molecule has 0 radical (unpaired) electrons. The average molecular weight is 183 g/mol. The van der Waals surface area contributed by atoms with Crippen LogP contribution in [-0.4, -0.2) is 29.5 Å². The van der Waals surface area contributed by atoms with Gasteiger partial charge in [0.1, 0.15) is 0 Å². The Balaban J connectivity index is 2.76. The lowest BCUT2D eigenvalue weighted by molar-refractivity contribution is 0.186. The Morgan fingerprint density at radius 1 is 1.38 bits per heavy atom. The normalized spacial score (nSPS) is 20.5. The second-order valence-corrected chi connectivity index (χ2v) is 3.76. The predicted octanol–water partition coefficient (Wildman–Crippen LogP) is 1.59. The third-order valence-corrected chi connectivity index (χ3v) is 3.15. The summed E-state index contributed by atoms with van der Waals surface area (Å²) in [6.07, 6.45) is 3.40. The third kappa shape index (κ3) is 1.64. The molecule has 0 aromatic carbocycles. The third-order valence-electron chi connectivity index (χ3n) is 3.15. The van der Waals surface area contributed by atoms with Crippen molar-refractivity contribution in [3.63, 3.8) is 0 Å². The monoisotopic (exact) mass is 183 g/mol. The summed E-state index contributed by atoms with van der Waals surface area (Å²) in [5.74, 6) is 0.741. The molecule has 3 heteroatoms. The number of hydrogen-bond acceptors (Lipinski definition) is 3. The fourth-order valence-electron chi connectivity index (χ4n) is 2.07. The van der Waals surface area contributed by atoms with Gasteiger partial charge in [0.25, 0.3) is 0 Å². The van der Waals surface area contributed by atoms with Crippen molar-refractivity contribution in [3.8, 4) is 0 Å². The van der Waals surface area contributed by atoms with E-state index in [0.717, 1.165) is 38.3 Å². The van der Waals surface area contributed by atoms with Crippen LogP contribution >= 0.6 is 0 Å². The Kier molecular flexibility index (Phi) is 3.17. The summed E-state index contributed by atoms with van der Waals surface area (Å²) in [6.45, 7) is 8.55. The van der Waals surface area contributed by atoms with Gasteiger partial charge in [-0.25, -0.2) is 0 Å². The number of guanidine groups is 1. The first-order valence-electron chi connectivity index (χ1n) is 5.27. The Hall–Kier alpha value is -0.730. The quantitative estimate of drug-likeness (QED) is 0.719. The Labute approximate surface area is 81.0 Å². The van der Waals surface area contributed by atoms with E-state index in [1.165, 1.54) is 0 Å². The first kappa shape index (κ1) is 10.4. The van der Waals surface area contributed by atoms with E-state index in [1.807, 2.05) is 0 Å². The van der Waals surface area contributed by atoms with Crippen molar-refractivity contribution in [3.05, 3.63) is 0 Å².